The van der Waals surface area contributed by atoms with Crippen LogP contribution in [0.1, 0.15) is 29.9 Å². The summed E-state index contributed by atoms with van der Waals surface area (Å²) >= 11 is 1.65. The van der Waals surface area contributed by atoms with E-state index in [2.05, 4.69) is 34.5 Å². The largest absolute Gasteiger partial charge is 0.508 e. The van der Waals surface area contributed by atoms with Gasteiger partial charge >= 0.3 is 0 Å². The maximum Gasteiger partial charge on any atom is 0.148 e. The SMILES string of the molecule is Cc1nc(N[C@@H](C)c2cccc(O)c2)c2scc(C)c2n1. The molecule has 0 aliphatic heterocycles. The van der Waals surface area contributed by atoms with Gasteiger partial charge in [0.05, 0.1) is 16.3 Å². The van der Waals surface area contributed by atoms with Crippen LogP contribution >= 0.6 is 11.3 Å². The van der Waals surface area contributed by atoms with Crippen LogP contribution in [0.4, 0.5) is 5.82 Å². The summed E-state index contributed by atoms with van der Waals surface area (Å²) in [6.45, 7) is 6.02. The number of hydrogen-bond donors (Lipinski definition) is 2. The quantitative estimate of drug-likeness (QED) is 0.761. The minimum absolute atomic E-state index is 0.0528. The summed E-state index contributed by atoms with van der Waals surface area (Å²) in [7, 11) is 0. The van der Waals surface area contributed by atoms with E-state index < -0.39 is 0 Å². The fourth-order valence-electron chi connectivity index (χ4n) is 2.32. The highest BCUT2D eigenvalue weighted by molar-refractivity contribution is 7.18. The maximum atomic E-state index is 9.60. The van der Waals surface area contributed by atoms with E-state index in [-0.39, 0.29) is 11.8 Å². The standard InChI is InChI=1S/C16H17N3OS/c1-9-8-21-15-14(9)18-11(3)19-16(15)17-10(2)12-5-4-6-13(20)7-12/h4-8,10,20H,1-3H3,(H,17,18,19)/t10-/m0/s1. The van der Waals surface area contributed by atoms with E-state index in [9.17, 15) is 5.11 Å². The molecule has 108 valence electrons. The van der Waals surface area contributed by atoms with E-state index in [1.807, 2.05) is 19.1 Å². The first kappa shape index (κ1) is 13.8. The molecule has 2 heterocycles. The normalized spacial score (nSPS) is 12.5. The Labute approximate surface area is 127 Å². The highest BCUT2D eigenvalue weighted by Gasteiger charge is 2.13. The molecule has 0 saturated heterocycles. The molecule has 5 heteroatoms. The third-order valence-corrected chi connectivity index (χ3v) is 4.52. The summed E-state index contributed by atoms with van der Waals surface area (Å²) in [5.41, 5.74) is 3.21. The van der Waals surface area contributed by atoms with Gasteiger partial charge in [0.1, 0.15) is 17.4 Å². The lowest BCUT2D eigenvalue weighted by Gasteiger charge is -2.16. The Kier molecular flexibility index (Phi) is 3.51. The topological polar surface area (TPSA) is 58.0 Å². The van der Waals surface area contributed by atoms with Gasteiger partial charge in [-0.3, -0.25) is 0 Å². The van der Waals surface area contributed by atoms with Crippen LogP contribution in [0.15, 0.2) is 29.6 Å². The molecule has 0 amide bonds. The van der Waals surface area contributed by atoms with Crippen LogP contribution in [0.25, 0.3) is 10.2 Å². The molecule has 4 nitrogen and oxygen atoms in total. The third-order valence-electron chi connectivity index (χ3n) is 3.43. The van der Waals surface area contributed by atoms with Crippen molar-refractivity contribution in [3.8, 4) is 5.75 Å². The van der Waals surface area contributed by atoms with Gasteiger partial charge in [-0.2, -0.15) is 0 Å². The summed E-state index contributed by atoms with van der Waals surface area (Å²) < 4.78 is 1.07. The molecule has 0 unspecified atom stereocenters. The second-order valence-electron chi connectivity index (χ2n) is 5.18. The predicted octanol–water partition coefficient (Wildman–Crippen LogP) is 4.19. The lowest BCUT2D eigenvalue weighted by molar-refractivity contribution is 0.474. The van der Waals surface area contributed by atoms with Gasteiger partial charge in [-0.05, 0) is 49.4 Å². The number of anilines is 1. The van der Waals surface area contributed by atoms with Crippen molar-refractivity contribution in [2.75, 3.05) is 5.32 Å². The van der Waals surface area contributed by atoms with Crippen LogP contribution < -0.4 is 5.32 Å². The predicted molar refractivity (Wildman–Crippen MR) is 87.0 cm³/mol. The van der Waals surface area contributed by atoms with Crippen LogP contribution in [0, 0.1) is 13.8 Å². The number of fused-ring (bicyclic) bond motifs is 1. The highest BCUT2D eigenvalue weighted by atomic mass is 32.1. The van der Waals surface area contributed by atoms with E-state index in [0.717, 1.165) is 27.4 Å². The Morgan fingerprint density at radius 1 is 1.24 bits per heavy atom. The molecule has 0 spiro atoms. The minimum atomic E-state index is 0.0528. The number of nitrogens with zero attached hydrogens (tertiary/aromatic N) is 2. The lowest BCUT2D eigenvalue weighted by atomic mass is 10.1. The summed E-state index contributed by atoms with van der Waals surface area (Å²) in [5.74, 6) is 1.89. The smallest absolute Gasteiger partial charge is 0.148 e. The van der Waals surface area contributed by atoms with E-state index >= 15 is 0 Å². The molecule has 0 bridgehead atoms. The average molecular weight is 299 g/mol. The van der Waals surface area contributed by atoms with Crippen molar-refractivity contribution in [3.05, 3.63) is 46.6 Å². The first-order valence-electron chi connectivity index (χ1n) is 6.82. The van der Waals surface area contributed by atoms with E-state index in [1.54, 1.807) is 23.5 Å². The van der Waals surface area contributed by atoms with Crippen molar-refractivity contribution in [1.82, 2.24) is 9.97 Å². The third kappa shape index (κ3) is 2.69. The van der Waals surface area contributed by atoms with Crippen molar-refractivity contribution in [1.29, 1.82) is 0 Å². The number of phenols is 1. The number of aromatic nitrogens is 2. The molecule has 0 fully saturated rings. The fourth-order valence-corrected chi connectivity index (χ4v) is 3.27. The fraction of sp³-hybridized carbons (Fsp3) is 0.250. The lowest BCUT2D eigenvalue weighted by Crippen LogP contribution is -2.09. The highest BCUT2D eigenvalue weighted by Crippen LogP contribution is 2.31. The van der Waals surface area contributed by atoms with Crippen LogP contribution in [0.3, 0.4) is 0 Å². The average Bonchev–Trinajstić information content (AvgIpc) is 2.80. The molecule has 2 N–H and O–H groups in total. The second-order valence-corrected chi connectivity index (χ2v) is 6.06. The molecule has 3 aromatic rings. The summed E-state index contributed by atoms with van der Waals surface area (Å²) in [4.78, 5) is 9.04. The number of rotatable bonds is 3. The molecule has 0 radical (unpaired) electrons. The molecule has 1 aromatic carbocycles. The van der Waals surface area contributed by atoms with Crippen LogP contribution in [-0.2, 0) is 0 Å². The monoisotopic (exact) mass is 299 g/mol. The summed E-state index contributed by atoms with van der Waals surface area (Å²) in [6.07, 6.45) is 0. The molecule has 0 aliphatic carbocycles. The number of thiophene rings is 1. The minimum Gasteiger partial charge on any atom is -0.508 e. The molecule has 2 aromatic heterocycles. The summed E-state index contributed by atoms with van der Waals surface area (Å²) in [5, 5.41) is 15.1. The Balaban J connectivity index is 1.98. The zero-order valence-corrected chi connectivity index (χ0v) is 13.0. The van der Waals surface area contributed by atoms with Crippen molar-refractivity contribution in [2.45, 2.75) is 26.8 Å². The molecular formula is C16H17N3OS. The van der Waals surface area contributed by atoms with Gasteiger partial charge in [-0.1, -0.05) is 12.1 Å². The number of benzene rings is 1. The van der Waals surface area contributed by atoms with E-state index in [4.69, 9.17) is 0 Å². The number of nitrogens with one attached hydrogen (secondary N) is 1. The number of hydrogen-bond acceptors (Lipinski definition) is 5. The Morgan fingerprint density at radius 2 is 2.05 bits per heavy atom. The van der Waals surface area contributed by atoms with Crippen LogP contribution in [0.5, 0.6) is 5.75 Å². The van der Waals surface area contributed by atoms with Gasteiger partial charge in [-0.15, -0.1) is 11.3 Å². The zero-order chi connectivity index (χ0) is 15.0. The number of aryl methyl sites for hydroxylation is 2. The van der Waals surface area contributed by atoms with Gasteiger partial charge in [0, 0.05) is 0 Å². The van der Waals surface area contributed by atoms with Crippen LogP contribution in [0.2, 0.25) is 0 Å². The van der Waals surface area contributed by atoms with E-state index in [1.165, 1.54) is 5.56 Å². The van der Waals surface area contributed by atoms with Gasteiger partial charge in [0.2, 0.25) is 0 Å². The van der Waals surface area contributed by atoms with Gasteiger partial charge in [0.25, 0.3) is 0 Å². The van der Waals surface area contributed by atoms with E-state index in [0.29, 0.717) is 0 Å². The Hall–Kier alpha value is -2.14. The van der Waals surface area contributed by atoms with Crippen molar-refractivity contribution < 1.29 is 5.11 Å². The number of phenolic OH excluding ortho intramolecular Hbond substituents is 1. The molecular weight excluding hydrogens is 282 g/mol. The maximum absolute atomic E-state index is 9.60. The molecule has 3 rings (SSSR count). The van der Waals surface area contributed by atoms with Crippen molar-refractivity contribution >= 4 is 27.4 Å². The Bertz CT molecular complexity index is 797. The Morgan fingerprint density at radius 3 is 2.81 bits per heavy atom. The van der Waals surface area contributed by atoms with Crippen molar-refractivity contribution in [2.24, 2.45) is 0 Å². The van der Waals surface area contributed by atoms with Crippen molar-refractivity contribution in [3.63, 3.8) is 0 Å². The summed E-state index contributed by atoms with van der Waals surface area (Å²) in [6, 6.07) is 7.33. The van der Waals surface area contributed by atoms with Crippen LogP contribution in [-0.4, -0.2) is 15.1 Å². The second kappa shape index (κ2) is 5.33. The van der Waals surface area contributed by atoms with Gasteiger partial charge < -0.3 is 10.4 Å². The number of aromatic hydroxyl groups is 1. The molecule has 21 heavy (non-hydrogen) atoms. The molecule has 0 saturated carbocycles. The van der Waals surface area contributed by atoms with Gasteiger partial charge in [-0.25, -0.2) is 9.97 Å². The zero-order valence-electron chi connectivity index (χ0n) is 12.2. The first-order chi connectivity index (χ1) is 10.0. The van der Waals surface area contributed by atoms with Gasteiger partial charge in [0.15, 0.2) is 0 Å². The first-order valence-corrected chi connectivity index (χ1v) is 7.70. The molecule has 1 atom stereocenters. The molecule has 0 aliphatic rings.